The lowest BCUT2D eigenvalue weighted by Crippen LogP contribution is -2.51. The van der Waals surface area contributed by atoms with Crippen LogP contribution in [0, 0.1) is 0 Å². The third-order valence-corrected chi connectivity index (χ3v) is 4.85. The summed E-state index contributed by atoms with van der Waals surface area (Å²) in [4.78, 5) is 29.7. The van der Waals surface area contributed by atoms with Crippen molar-refractivity contribution in [1.29, 1.82) is 0 Å². The van der Waals surface area contributed by atoms with Gasteiger partial charge < -0.3 is 10.6 Å². The molecule has 0 radical (unpaired) electrons. The highest BCUT2D eigenvalue weighted by atomic mass is 32.2. The van der Waals surface area contributed by atoms with E-state index in [1.807, 2.05) is 36.4 Å². The number of pyridine rings is 1. The number of hydrogen-bond acceptors (Lipinski definition) is 4. The fourth-order valence-corrected chi connectivity index (χ4v) is 3.29. The molecule has 0 spiro atoms. The number of anilines is 1. The Balaban J connectivity index is 1.75. The van der Waals surface area contributed by atoms with Gasteiger partial charge >= 0.3 is 0 Å². The maximum Gasteiger partial charge on any atom is 0.250 e. The molecular weight excluding hydrogens is 298 g/mol. The molecule has 5 nitrogen and oxygen atoms in total. The van der Waals surface area contributed by atoms with Crippen molar-refractivity contribution in [2.45, 2.75) is 23.1 Å². The molecule has 2 amide bonds. The van der Waals surface area contributed by atoms with E-state index in [4.69, 9.17) is 0 Å². The molecule has 0 bridgehead atoms. The van der Waals surface area contributed by atoms with Crippen molar-refractivity contribution in [2.75, 3.05) is 5.32 Å². The van der Waals surface area contributed by atoms with Gasteiger partial charge in [0.15, 0.2) is 4.75 Å². The summed E-state index contributed by atoms with van der Waals surface area (Å²) in [7, 11) is 0. The minimum absolute atomic E-state index is 0.306. The van der Waals surface area contributed by atoms with Crippen LogP contribution >= 0.6 is 11.8 Å². The van der Waals surface area contributed by atoms with E-state index in [2.05, 4.69) is 15.6 Å². The van der Waals surface area contributed by atoms with Crippen molar-refractivity contribution < 1.29 is 9.59 Å². The molecule has 3 rings (SSSR count). The van der Waals surface area contributed by atoms with Gasteiger partial charge in [-0.3, -0.25) is 14.6 Å². The van der Waals surface area contributed by atoms with Crippen molar-refractivity contribution in [3.05, 3.63) is 54.4 Å². The summed E-state index contributed by atoms with van der Waals surface area (Å²) in [5.41, 5.74) is 1.64. The summed E-state index contributed by atoms with van der Waals surface area (Å²) in [6, 6.07) is 11.1. The molecule has 1 aliphatic heterocycles. The molecular formula is C16H15N3O2S. The third kappa shape index (κ3) is 2.69. The van der Waals surface area contributed by atoms with Crippen LogP contribution in [-0.2, 0) is 16.1 Å². The van der Waals surface area contributed by atoms with Crippen molar-refractivity contribution in [3.63, 3.8) is 0 Å². The van der Waals surface area contributed by atoms with Crippen LogP contribution in [0.1, 0.15) is 12.5 Å². The van der Waals surface area contributed by atoms with Gasteiger partial charge in [0.1, 0.15) is 0 Å². The zero-order valence-corrected chi connectivity index (χ0v) is 12.8. The molecule has 1 unspecified atom stereocenters. The summed E-state index contributed by atoms with van der Waals surface area (Å²) < 4.78 is -1.18. The second kappa shape index (κ2) is 5.81. The standard InChI is InChI=1S/C16H15N3O2S/c1-16(14(20)18-10-11-5-4-8-17-9-11)15(21)19-12-6-2-3-7-13(12)22-16/h2-9H,10H2,1H3,(H,18,20)(H,19,21). The Morgan fingerprint density at radius 1 is 1.32 bits per heavy atom. The van der Waals surface area contributed by atoms with Crippen LogP contribution in [0.25, 0.3) is 0 Å². The summed E-state index contributed by atoms with van der Waals surface area (Å²) in [5, 5.41) is 5.61. The molecule has 0 aliphatic carbocycles. The predicted octanol–water partition coefficient (Wildman–Crippen LogP) is 2.20. The summed E-state index contributed by atoms with van der Waals surface area (Å²) in [6.07, 6.45) is 3.36. The quantitative estimate of drug-likeness (QED) is 0.852. The van der Waals surface area contributed by atoms with Crippen molar-refractivity contribution >= 4 is 29.3 Å². The molecule has 2 aromatic rings. The number of carbonyl (C=O) groups is 2. The maximum absolute atomic E-state index is 12.5. The molecule has 112 valence electrons. The van der Waals surface area contributed by atoms with Crippen LogP contribution in [0.15, 0.2) is 53.7 Å². The smallest absolute Gasteiger partial charge is 0.250 e. The molecule has 2 N–H and O–H groups in total. The van der Waals surface area contributed by atoms with Crippen LogP contribution in [0.2, 0.25) is 0 Å². The lowest BCUT2D eigenvalue weighted by Gasteiger charge is -2.31. The number of hydrogen-bond donors (Lipinski definition) is 2. The second-order valence-corrected chi connectivity index (χ2v) is 6.59. The lowest BCUT2D eigenvalue weighted by molar-refractivity contribution is -0.130. The van der Waals surface area contributed by atoms with E-state index in [1.165, 1.54) is 11.8 Å². The highest BCUT2D eigenvalue weighted by Gasteiger charge is 2.45. The van der Waals surface area contributed by atoms with Crippen LogP contribution in [0.4, 0.5) is 5.69 Å². The van der Waals surface area contributed by atoms with Gasteiger partial charge in [0.2, 0.25) is 11.8 Å². The molecule has 2 heterocycles. The zero-order chi connectivity index (χ0) is 15.6. The van der Waals surface area contributed by atoms with Crippen LogP contribution in [0.5, 0.6) is 0 Å². The number of amides is 2. The van der Waals surface area contributed by atoms with Crippen molar-refractivity contribution in [3.8, 4) is 0 Å². The fourth-order valence-electron chi connectivity index (χ4n) is 2.17. The molecule has 0 fully saturated rings. The normalized spacial score (nSPS) is 20.0. The Morgan fingerprint density at radius 3 is 2.91 bits per heavy atom. The summed E-state index contributed by atoms with van der Waals surface area (Å²) in [6.45, 7) is 1.99. The first-order chi connectivity index (χ1) is 10.6. The monoisotopic (exact) mass is 313 g/mol. The molecule has 0 saturated heterocycles. The highest BCUT2D eigenvalue weighted by molar-refractivity contribution is 8.02. The van der Waals surface area contributed by atoms with Gasteiger partial charge in [-0.1, -0.05) is 30.0 Å². The maximum atomic E-state index is 12.5. The van der Waals surface area contributed by atoms with Gasteiger partial charge in [-0.15, -0.1) is 0 Å². The number of thioether (sulfide) groups is 1. The topological polar surface area (TPSA) is 71.1 Å². The van der Waals surface area contributed by atoms with E-state index >= 15 is 0 Å². The Kier molecular flexibility index (Phi) is 3.85. The summed E-state index contributed by atoms with van der Waals surface area (Å²) >= 11 is 1.27. The van der Waals surface area contributed by atoms with Crippen LogP contribution in [-0.4, -0.2) is 21.5 Å². The number of nitrogens with one attached hydrogen (secondary N) is 2. The van der Waals surface area contributed by atoms with E-state index < -0.39 is 4.75 Å². The van der Waals surface area contributed by atoms with Gasteiger partial charge in [0.25, 0.3) is 0 Å². The SMILES string of the molecule is CC1(C(=O)NCc2cccnc2)Sc2ccccc2NC1=O. The molecule has 1 aromatic carbocycles. The number of rotatable bonds is 3. The number of para-hydroxylation sites is 1. The Morgan fingerprint density at radius 2 is 2.14 bits per heavy atom. The van der Waals surface area contributed by atoms with Gasteiger partial charge in [0, 0.05) is 23.8 Å². The van der Waals surface area contributed by atoms with Crippen molar-refractivity contribution in [1.82, 2.24) is 10.3 Å². The van der Waals surface area contributed by atoms with Gasteiger partial charge in [-0.2, -0.15) is 0 Å². The molecule has 1 aromatic heterocycles. The predicted molar refractivity (Wildman–Crippen MR) is 85.4 cm³/mol. The van der Waals surface area contributed by atoms with Crippen molar-refractivity contribution in [2.24, 2.45) is 0 Å². The first-order valence-electron chi connectivity index (χ1n) is 6.86. The number of carbonyl (C=O) groups excluding carboxylic acids is 2. The third-order valence-electron chi connectivity index (χ3n) is 3.49. The van der Waals surface area contributed by atoms with Crippen LogP contribution in [0.3, 0.4) is 0 Å². The zero-order valence-electron chi connectivity index (χ0n) is 12.0. The Labute approximate surface area is 132 Å². The molecule has 1 aliphatic rings. The second-order valence-electron chi connectivity index (χ2n) is 5.13. The van der Waals surface area contributed by atoms with Crippen LogP contribution < -0.4 is 10.6 Å². The minimum Gasteiger partial charge on any atom is -0.350 e. The van der Waals surface area contributed by atoms with E-state index in [-0.39, 0.29) is 11.8 Å². The fraction of sp³-hybridized carbons (Fsp3) is 0.188. The molecule has 0 saturated carbocycles. The first-order valence-corrected chi connectivity index (χ1v) is 7.68. The number of aromatic nitrogens is 1. The minimum atomic E-state index is -1.18. The largest absolute Gasteiger partial charge is 0.350 e. The number of fused-ring (bicyclic) bond motifs is 1. The van der Waals surface area contributed by atoms with E-state index in [0.717, 1.165) is 16.1 Å². The average Bonchev–Trinajstić information content (AvgIpc) is 2.54. The Hall–Kier alpha value is -2.34. The number of benzene rings is 1. The van der Waals surface area contributed by atoms with Gasteiger partial charge in [0.05, 0.1) is 5.69 Å². The van der Waals surface area contributed by atoms with Gasteiger partial charge in [-0.05, 0) is 30.7 Å². The lowest BCUT2D eigenvalue weighted by atomic mass is 10.1. The Bertz CT molecular complexity index is 720. The molecule has 1 atom stereocenters. The molecule has 22 heavy (non-hydrogen) atoms. The van der Waals surface area contributed by atoms with E-state index in [0.29, 0.717) is 6.54 Å². The first kappa shape index (κ1) is 14.6. The average molecular weight is 313 g/mol. The highest BCUT2D eigenvalue weighted by Crippen LogP contribution is 2.42. The summed E-state index contributed by atoms with van der Waals surface area (Å²) in [5.74, 6) is -0.617. The van der Waals surface area contributed by atoms with Gasteiger partial charge in [-0.25, -0.2) is 0 Å². The number of nitrogens with zero attached hydrogens (tertiary/aromatic N) is 1. The van der Waals surface area contributed by atoms with E-state index in [9.17, 15) is 9.59 Å². The molecule has 6 heteroatoms. The van der Waals surface area contributed by atoms with E-state index in [1.54, 1.807) is 19.3 Å².